The van der Waals surface area contributed by atoms with Crippen molar-refractivity contribution in [2.75, 3.05) is 14.2 Å². The highest BCUT2D eigenvalue weighted by Crippen LogP contribution is 2.42. The second-order valence-electron chi connectivity index (χ2n) is 5.32. The van der Waals surface area contributed by atoms with Crippen LogP contribution in [-0.4, -0.2) is 25.1 Å². The molecule has 0 saturated heterocycles. The number of esters is 1. The predicted octanol–water partition coefficient (Wildman–Crippen LogP) is 4.21. The largest absolute Gasteiger partial charge is 0.495 e. The van der Waals surface area contributed by atoms with Gasteiger partial charge in [0.25, 0.3) is 5.69 Å². The summed E-state index contributed by atoms with van der Waals surface area (Å²) in [5, 5.41) is 13.3. The molecule has 3 aromatic rings. The molecule has 0 aliphatic heterocycles. The topological polar surface area (TPSA) is 78.7 Å². The first kappa shape index (κ1) is 16.4. The van der Waals surface area contributed by atoms with Crippen LogP contribution in [0.25, 0.3) is 21.9 Å². The maximum absolute atomic E-state index is 12.2. The Balaban J connectivity index is 2.41. The Labute approximate surface area is 143 Å². The van der Waals surface area contributed by atoms with Gasteiger partial charge in [0, 0.05) is 17.0 Å². The number of methoxy groups -OCH3 is 2. The van der Waals surface area contributed by atoms with Gasteiger partial charge < -0.3 is 9.47 Å². The van der Waals surface area contributed by atoms with Gasteiger partial charge in [-0.15, -0.1) is 0 Å². The number of nitro benzene ring substituents is 1. The molecule has 0 aromatic heterocycles. The molecule has 0 aliphatic rings. The van der Waals surface area contributed by atoms with Crippen molar-refractivity contribution in [3.05, 3.63) is 70.3 Å². The smallest absolute Gasteiger partial charge is 0.338 e. The van der Waals surface area contributed by atoms with E-state index in [0.717, 1.165) is 10.8 Å². The molecule has 0 N–H and O–H groups in total. The van der Waals surface area contributed by atoms with E-state index in [1.807, 2.05) is 30.3 Å². The number of rotatable bonds is 4. The second kappa shape index (κ2) is 6.60. The van der Waals surface area contributed by atoms with E-state index < -0.39 is 10.9 Å². The summed E-state index contributed by atoms with van der Waals surface area (Å²) < 4.78 is 10.3. The van der Waals surface area contributed by atoms with Gasteiger partial charge >= 0.3 is 5.97 Å². The van der Waals surface area contributed by atoms with Crippen molar-refractivity contribution >= 4 is 22.4 Å². The first-order valence-electron chi connectivity index (χ1n) is 7.50. The number of benzene rings is 3. The van der Waals surface area contributed by atoms with Gasteiger partial charge in [0.05, 0.1) is 30.3 Å². The van der Waals surface area contributed by atoms with E-state index in [-0.39, 0.29) is 16.8 Å². The minimum atomic E-state index is -0.645. The van der Waals surface area contributed by atoms with Crippen LogP contribution in [0.15, 0.2) is 54.6 Å². The Morgan fingerprint density at radius 1 is 1.00 bits per heavy atom. The zero-order valence-corrected chi connectivity index (χ0v) is 13.7. The third kappa shape index (κ3) is 2.78. The first-order chi connectivity index (χ1) is 12.1. The monoisotopic (exact) mass is 337 g/mol. The van der Waals surface area contributed by atoms with E-state index >= 15 is 0 Å². The fraction of sp³-hybridized carbons (Fsp3) is 0.105. The molecule has 6 heteroatoms. The number of fused-ring (bicyclic) bond motifs is 1. The minimum absolute atomic E-state index is 0.116. The van der Waals surface area contributed by atoms with Crippen molar-refractivity contribution < 1.29 is 19.2 Å². The van der Waals surface area contributed by atoms with E-state index in [4.69, 9.17) is 9.47 Å². The van der Waals surface area contributed by atoms with Crippen LogP contribution in [0.1, 0.15) is 10.4 Å². The molecule has 3 rings (SSSR count). The van der Waals surface area contributed by atoms with Crippen LogP contribution >= 0.6 is 0 Å². The molecule has 0 radical (unpaired) electrons. The van der Waals surface area contributed by atoms with Crippen molar-refractivity contribution in [2.24, 2.45) is 0 Å². The van der Waals surface area contributed by atoms with Gasteiger partial charge in [0.15, 0.2) is 0 Å². The standard InChI is InChI=1S/C19H15NO5/c1-24-18-13-7-4-3-6-12(13)10-11-14(18)17-15(19(21)25-2)8-5-9-16(17)20(22)23/h3-11H,1-2H3. The number of hydrogen-bond acceptors (Lipinski definition) is 5. The molecule has 0 saturated carbocycles. The highest BCUT2D eigenvalue weighted by Gasteiger charge is 2.26. The van der Waals surface area contributed by atoms with E-state index in [9.17, 15) is 14.9 Å². The molecule has 0 unspecified atom stereocenters. The molecule has 0 atom stereocenters. The maximum atomic E-state index is 12.2. The van der Waals surface area contributed by atoms with Gasteiger partial charge in [-0.2, -0.15) is 0 Å². The minimum Gasteiger partial charge on any atom is -0.495 e. The highest BCUT2D eigenvalue weighted by molar-refractivity contribution is 6.04. The average molecular weight is 337 g/mol. The van der Waals surface area contributed by atoms with E-state index in [2.05, 4.69) is 0 Å². The van der Waals surface area contributed by atoms with Gasteiger partial charge in [0.1, 0.15) is 5.75 Å². The van der Waals surface area contributed by atoms with Crippen LogP contribution in [0.4, 0.5) is 5.69 Å². The van der Waals surface area contributed by atoms with Crippen molar-refractivity contribution in [2.45, 2.75) is 0 Å². The van der Waals surface area contributed by atoms with Crippen molar-refractivity contribution in [1.29, 1.82) is 0 Å². The Hall–Kier alpha value is -3.41. The number of ether oxygens (including phenoxy) is 2. The molecule has 0 amide bonds. The third-order valence-corrected chi connectivity index (χ3v) is 4.00. The van der Waals surface area contributed by atoms with Gasteiger partial charge in [-0.3, -0.25) is 10.1 Å². The molecule has 0 spiro atoms. The van der Waals surface area contributed by atoms with E-state index in [0.29, 0.717) is 11.3 Å². The van der Waals surface area contributed by atoms with Crippen molar-refractivity contribution in [3.8, 4) is 16.9 Å². The molecular weight excluding hydrogens is 322 g/mol. The predicted molar refractivity (Wildman–Crippen MR) is 93.9 cm³/mol. The summed E-state index contributed by atoms with van der Waals surface area (Å²) in [5.74, 6) is -0.175. The fourth-order valence-corrected chi connectivity index (χ4v) is 2.92. The lowest BCUT2D eigenvalue weighted by atomic mass is 9.94. The summed E-state index contributed by atoms with van der Waals surface area (Å²) in [6, 6.07) is 15.4. The van der Waals surface area contributed by atoms with E-state index in [1.54, 1.807) is 6.07 Å². The maximum Gasteiger partial charge on any atom is 0.338 e. The summed E-state index contributed by atoms with van der Waals surface area (Å²) in [7, 11) is 2.74. The van der Waals surface area contributed by atoms with Crippen LogP contribution in [0.5, 0.6) is 5.75 Å². The van der Waals surface area contributed by atoms with Crippen LogP contribution in [0, 0.1) is 10.1 Å². The lowest BCUT2D eigenvalue weighted by molar-refractivity contribution is -0.384. The normalized spacial score (nSPS) is 10.5. The Kier molecular flexibility index (Phi) is 4.35. The van der Waals surface area contributed by atoms with E-state index in [1.165, 1.54) is 32.4 Å². The summed E-state index contributed by atoms with van der Waals surface area (Å²) in [6.45, 7) is 0. The zero-order chi connectivity index (χ0) is 18.0. The number of nitro groups is 1. The molecule has 0 aliphatic carbocycles. The summed E-state index contributed by atoms with van der Waals surface area (Å²) in [6.07, 6.45) is 0. The summed E-state index contributed by atoms with van der Waals surface area (Å²) >= 11 is 0. The zero-order valence-electron chi connectivity index (χ0n) is 13.7. The molecule has 6 nitrogen and oxygen atoms in total. The Bertz CT molecular complexity index is 981. The van der Waals surface area contributed by atoms with Crippen LogP contribution in [-0.2, 0) is 4.74 Å². The second-order valence-corrected chi connectivity index (χ2v) is 5.32. The third-order valence-electron chi connectivity index (χ3n) is 4.00. The van der Waals surface area contributed by atoms with Crippen LogP contribution in [0.2, 0.25) is 0 Å². The van der Waals surface area contributed by atoms with Gasteiger partial charge in [-0.1, -0.05) is 36.4 Å². The van der Waals surface area contributed by atoms with Gasteiger partial charge in [-0.05, 0) is 17.5 Å². The Morgan fingerprint density at radius 3 is 2.44 bits per heavy atom. The van der Waals surface area contributed by atoms with Crippen LogP contribution in [0.3, 0.4) is 0 Å². The first-order valence-corrected chi connectivity index (χ1v) is 7.50. The fourth-order valence-electron chi connectivity index (χ4n) is 2.92. The molecule has 0 heterocycles. The summed E-state index contributed by atoms with van der Waals surface area (Å²) in [5.41, 5.74) is 0.581. The number of nitrogens with zero attached hydrogens (tertiary/aromatic N) is 1. The SMILES string of the molecule is COC(=O)c1cccc([N+](=O)[O-])c1-c1ccc2ccccc2c1OC. The molecule has 3 aromatic carbocycles. The molecule has 0 bridgehead atoms. The number of carbonyl (C=O) groups excluding carboxylic acids is 1. The van der Waals surface area contributed by atoms with Gasteiger partial charge in [0.2, 0.25) is 0 Å². The number of carbonyl (C=O) groups is 1. The molecular formula is C19H15NO5. The van der Waals surface area contributed by atoms with Crippen molar-refractivity contribution in [3.63, 3.8) is 0 Å². The quantitative estimate of drug-likeness (QED) is 0.405. The highest BCUT2D eigenvalue weighted by atomic mass is 16.6. The number of hydrogen-bond donors (Lipinski definition) is 0. The van der Waals surface area contributed by atoms with Gasteiger partial charge in [-0.25, -0.2) is 4.79 Å². The average Bonchev–Trinajstić information content (AvgIpc) is 2.65. The van der Waals surface area contributed by atoms with Crippen molar-refractivity contribution in [1.82, 2.24) is 0 Å². The lowest BCUT2D eigenvalue weighted by Crippen LogP contribution is -2.06. The Morgan fingerprint density at radius 2 is 1.76 bits per heavy atom. The lowest BCUT2D eigenvalue weighted by Gasteiger charge is -2.14. The molecule has 0 fully saturated rings. The molecule has 126 valence electrons. The summed E-state index contributed by atoms with van der Waals surface area (Å²) in [4.78, 5) is 23.2. The van der Waals surface area contributed by atoms with Crippen LogP contribution < -0.4 is 4.74 Å². The molecule has 25 heavy (non-hydrogen) atoms.